The molecule has 0 aliphatic carbocycles. The number of rotatable bonds is 4. The highest BCUT2D eigenvalue weighted by atomic mass is 32.2. The van der Waals surface area contributed by atoms with Crippen molar-refractivity contribution in [3.05, 3.63) is 53.6 Å². The topological polar surface area (TPSA) is 73.8 Å². The van der Waals surface area contributed by atoms with Gasteiger partial charge in [-0.15, -0.1) is 11.3 Å². The summed E-state index contributed by atoms with van der Waals surface area (Å²) in [4.78, 5) is 47.9. The Bertz CT molecular complexity index is 1170. The highest BCUT2D eigenvalue weighted by Crippen LogP contribution is 2.35. The van der Waals surface area contributed by atoms with Gasteiger partial charge in [0, 0.05) is 26.2 Å². The number of nitrogens with zero attached hydrogens (tertiary/aromatic N) is 4. The number of anilines is 1. The van der Waals surface area contributed by atoms with Crippen molar-refractivity contribution in [2.75, 3.05) is 43.9 Å². The number of hydrogen-bond donors (Lipinski definition) is 0. The maximum atomic E-state index is 12.7. The van der Waals surface area contributed by atoms with Crippen molar-refractivity contribution in [3.8, 4) is 0 Å². The van der Waals surface area contributed by atoms with E-state index in [4.69, 9.17) is 0 Å². The lowest BCUT2D eigenvalue weighted by Gasteiger charge is -2.32. The second-order valence-corrected chi connectivity index (χ2v) is 9.85. The summed E-state index contributed by atoms with van der Waals surface area (Å²) in [5.41, 5.74) is 2.18. The van der Waals surface area contributed by atoms with Crippen LogP contribution in [0.25, 0.3) is 10.2 Å². The number of carbonyl (C=O) groups excluding carboxylic acids is 3. The van der Waals surface area contributed by atoms with Gasteiger partial charge in [-0.3, -0.25) is 14.4 Å². The van der Waals surface area contributed by atoms with Crippen LogP contribution in [0.5, 0.6) is 0 Å². The molecule has 0 bridgehead atoms. The predicted octanol–water partition coefficient (Wildman–Crippen LogP) is 2.96. The molecule has 31 heavy (non-hydrogen) atoms. The molecule has 9 heteroatoms. The Balaban J connectivity index is 1.31. The molecule has 3 heterocycles. The Kier molecular flexibility index (Phi) is 5.25. The van der Waals surface area contributed by atoms with Crippen molar-refractivity contribution in [3.63, 3.8) is 0 Å². The molecule has 0 radical (unpaired) electrons. The summed E-state index contributed by atoms with van der Waals surface area (Å²) in [6.07, 6.45) is 0. The maximum Gasteiger partial charge on any atom is 0.266 e. The molecule has 3 amide bonds. The third-order valence-corrected chi connectivity index (χ3v) is 7.73. The van der Waals surface area contributed by atoms with Gasteiger partial charge in [0.25, 0.3) is 11.8 Å². The van der Waals surface area contributed by atoms with Gasteiger partial charge in [-0.25, -0.2) is 9.88 Å². The van der Waals surface area contributed by atoms with Crippen molar-refractivity contribution in [2.24, 2.45) is 0 Å². The number of carbonyl (C=O) groups is 3. The first-order valence-electron chi connectivity index (χ1n) is 9.99. The van der Waals surface area contributed by atoms with Crippen LogP contribution in [0.15, 0.2) is 46.8 Å². The molecule has 158 valence electrons. The lowest BCUT2D eigenvalue weighted by atomic mass is 10.1. The van der Waals surface area contributed by atoms with Crippen molar-refractivity contribution < 1.29 is 14.4 Å². The van der Waals surface area contributed by atoms with Gasteiger partial charge in [0.15, 0.2) is 4.34 Å². The number of piperazine rings is 1. The van der Waals surface area contributed by atoms with E-state index in [2.05, 4.69) is 16.9 Å². The Morgan fingerprint density at radius 2 is 1.71 bits per heavy atom. The van der Waals surface area contributed by atoms with Crippen LogP contribution in [-0.4, -0.2) is 71.5 Å². The molecule has 3 aromatic rings. The van der Waals surface area contributed by atoms with Crippen LogP contribution in [0.3, 0.4) is 0 Å². The smallest absolute Gasteiger partial charge is 0.266 e. The number of fused-ring (bicyclic) bond motifs is 2. The zero-order chi connectivity index (χ0) is 21.5. The van der Waals surface area contributed by atoms with Gasteiger partial charge in [-0.05, 0) is 37.4 Å². The Hall–Kier alpha value is -2.75. The predicted molar refractivity (Wildman–Crippen MR) is 122 cm³/mol. The summed E-state index contributed by atoms with van der Waals surface area (Å²) in [6, 6.07) is 12.2. The molecule has 5 rings (SSSR count). The average molecular weight is 453 g/mol. The third-order valence-electron chi connectivity index (χ3n) is 5.58. The lowest BCUT2D eigenvalue weighted by Crippen LogP contribution is -2.47. The van der Waals surface area contributed by atoms with Crippen molar-refractivity contribution in [1.82, 2.24) is 14.8 Å². The monoisotopic (exact) mass is 452 g/mol. The van der Waals surface area contributed by atoms with E-state index >= 15 is 0 Å². The van der Waals surface area contributed by atoms with E-state index in [1.54, 1.807) is 30.3 Å². The Morgan fingerprint density at radius 3 is 2.39 bits per heavy atom. The number of thioether (sulfide) groups is 1. The van der Waals surface area contributed by atoms with Crippen LogP contribution >= 0.6 is 23.1 Å². The van der Waals surface area contributed by atoms with Crippen molar-refractivity contribution in [1.29, 1.82) is 0 Å². The number of aromatic nitrogens is 1. The summed E-state index contributed by atoms with van der Waals surface area (Å²) < 4.78 is 1.68. The van der Waals surface area contributed by atoms with Crippen LogP contribution in [0.4, 0.5) is 5.69 Å². The average Bonchev–Trinajstić information content (AvgIpc) is 3.30. The van der Waals surface area contributed by atoms with E-state index in [1.807, 2.05) is 17.0 Å². The van der Waals surface area contributed by atoms with Crippen LogP contribution < -0.4 is 4.90 Å². The molecule has 2 aliphatic rings. The normalized spacial score (nSPS) is 16.9. The van der Waals surface area contributed by atoms with E-state index in [1.165, 1.54) is 28.0 Å². The highest BCUT2D eigenvalue weighted by molar-refractivity contribution is 8.01. The first-order chi connectivity index (χ1) is 15.0. The van der Waals surface area contributed by atoms with Crippen LogP contribution in [0, 0.1) is 0 Å². The molecule has 0 spiro atoms. The summed E-state index contributed by atoms with van der Waals surface area (Å²) in [6.45, 7) is 3.33. The molecule has 0 unspecified atom stereocenters. The highest BCUT2D eigenvalue weighted by Gasteiger charge is 2.36. The standard InChI is InChI=1S/C22H20N4O3S2/c1-24-8-10-25(11-9-24)19(27)13-30-22-23-17-7-6-14(12-18(17)31-22)26-20(28)15-4-2-3-5-16(15)21(26)29/h2-7,12H,8-11,13H2,1H3. The molecule has 0 atom stereocenters. The second-order valence-electron chi connectivity index (χ2n) is 7.60. The van der Waals surface area contributed by atoms with Gasteiger partial charge in [0.05, 0.1) is 32.8 Å². The van der Waals surface area contributed by atoms with Crippen LogP contribution in [-0.2, 0) is 4.79 Å². The Labute approximate surface area is 187 Å². The van der Waals surface area contributed by atoms with Crippen LogP contribution in [0.1, 0.15) is 20.7 Å². The molecule has 2 aliphatic heterocycles. The fourth-order valence-corrected chi connectivity index (χ4v) is 5.79. The quantitative estimate of drug-likeness (QED) is 0.448. The molecular formula is C22H20N4O3S2. The fourth-order valence-electron chi connectivity index (χ4n) is 3.79. The number of amides is 3. The van der Waals surface area contributed by atoms with E-state index < -0.39 is 0 Å². The molecule has 1 aromatic heterocycles. The number of imide groups is 1. The molecule has 1 fully saturated rings. The van der Waals surface area contributed by atoms with Crippen molar-refractivity contribution in [2.45, 2.75) is 4.34 Å². The van der Waals surface area contributed by atoms with Gasteiger partial charge in [-0.2, -0.15) is 0 Å². The van der Waals surface area contributed by atoms with Gasteiger partial charge in [0.1, 0.15) is 0 Å². The summed E-state index contributed by atoms with van der Waals surface area (Å²) >= 11 is 2.90. The minimum absolute atomic E-state index is 0.129. The van der Waals surface area contributed by atoms with Gasteiger partial charge >= 0.3 is 0 Å². The second kappa shape index (κ2) is 8.07. The first kappa shape index (κ1) is 20.2. The van der Waals surface area contributed by atoms with Gasteiger partial charge in [-0.1, -0.05) is 23.9 Å². The third kappa shape index (κ3) is 3.73. The molecular weight excluding hydrogens is 432 g/mol. The summed E-state index contributed by atoms with van der Waals surface area (Å²) in [5, 5.41) is 0. The van der Waals surface area contributed by atoms with Crippen molar-refractivity contribution >= 4 is 56.7 Å². The minimum atomic E-state index is -0.308. The van der Waals surface area contributed by atoms with Gasteiger partial charge < -0.3 is 9.80 Å². The van der Waals surface area contributed by atoms with E-state index in [9.17, 15) is 14.4 Å². The number of hydrogen-bond acceptors (Lipinski definition) is 7. The maximum absolute atomic E-state index is 12.7. The van der Waals surface area contributed by atoms with Crippen LogP contribution in [0.2, 0.25) is 0 Å². The minimum Gasteiger partial charge on any atom is -0.339 e. The molecule has 0 N–H and O–H groups in total. The number of benzene rings is 2. The molecule has 7 nitrogen and oxygen atoms in total. The molecule has 1 saturated heterocycles. The van der Waals surface area contributed by atoms with Gasteiger partial charge in [0.2, 0.25) is 5.91 Å². The first-order valence-corrected chi connectivity index (χ1v) is 11.8. The SMILES string of the molecule is CN1CCN(C(=O)CSc2nc3ccc(N4C(=O)c5ccccc5C4=O)cc3s2)CC1. The lowest BCUT2D eigenvalue weighted by molar-refractivity contribution is -0.129. The molecule has 2 aromatic carbocycles. The molecule has 0 saturated carbocycles. The number of thiazole rings is 1. The van der Waals surface area contributed by atoms with E-state index in [-0.39, 0.29) is 17.7 Å². The zero-order valence-electron chi connectivity index (χ0n) is 16.9. The van der Waals surface area contributed by atoms with E-state index in [0.717, 1.165) is 40.7 Å². The number of likely N-dealkylation sites (N-methyl/N-ethyl adjacent to an activating group) is 1. The summed E-state index contributed by atoms with van der Waals surface area (Å²) in [5.74, 6) is -0.132. The van der Waals surface area contributed by atoms with E-state index in [0.29, 0.717) is 22.6 Å². The largest absolute Gasteiger partial charge is 0.339 e. The zero-order valence-corrected chi connectivity index (χ0v) is 18.5. The summed E-state index contributed by atoms with van der Waals surface area (Å²) in [7, 11) is 2.06. The Morgan fingerprint density at radius 1 is 1.03 bits per heavy atom. The fraction of sp³-hybridized carbons (Fsp3) is 0.273.